The minimum atomic E-state index is 0.170. The summed E-state index contributed by atoms with van der Waals surface area (Å²) in [7, 11) is 1.65. The molecule has 0 aliphatic rings. The van der Waals surface area contributed by atoms with Crippen molar-refractivity contribution in [3.05, 3.63) is 72.6 Å². The van der Waals surface area contributed by atoms with E-state index in [1.807, 2.05) is 36.4 Å². The molecule has 2 aromatic carbocycles. The van der Waals surface area contributed by atoms with Crippen molar-refractivity contribution >= 4 is 16.9 Å². The van der Waals surface area contributed by atoms with E-state index in [1.54, 1.807) is 7.11 Å². The Morgan fingerprint density at radius 3 is 2.52 bits per heavy atom. The van der Waals surface area contributed by atoms with Crippen molar-refractivity contribution in [1.82, 2.24) is 9.97 Å². The molecule has 2 heterocycles. The van der Waals surface area contributed by atoms with Gasteiger partial charge in [-0.3, -0.25) is 0 Å². The number of nitrogens with zero attached hydrogens (tertiary/aromatic N) is 2. The fourth-order valence-corrected chi connectivity index (χ4v) is 3.14. The van der Waals surface area contributed by atoms with Gasteiger partial charge in [0.2, 0.25) is 5.71 Å². The van der Waals surface area contributed by atoms with E-state index in [2.05, 4.69) is 46.5 Å². The number of fused-ring (bicyclic) bond motifs is 1. The van der Waals surface area contributed by atoms with Gasteiger partial charge in [0, 0.05) is 5.56 Å². The Bertz CT molecular complexity index is 1030. The zero-order valence-electron chi connectivity index (χ0n) is 15.3. The Balaban J connectivity index is 1.68. The predicted octanol–water partition coefficient (Wildman–Crippen LogP) is 5.46. The van der Waals surface area contributed by atoms with E-state index in [-0.39, 0.29) is 6.04 Å². The summed E-state index contributed by atoms with van der Waals surface area (Å²) in [4.78, 5) is 8.74. The quantitative estimate of drug-likeness (QED) is 0.495. The van der Waals surface area contributed by atoms with Crippen molar-refractivity contribution in [3.63, 3.8) is 0 Å². The number of benzene rings is 2. The van der Waals surface area contributed by atoms with Crippen molar-refractivity contribution in [1.29, 1.82) is 0 Å². The molecule has 4 rings (SSSR count). The predicted molar refractivity (Wildman–Crippen MR) is 107 cm³/mol. The molecule has 0 amide bonds. The van der Waals surface area contributed by atoms with Crippen LogP contribution in [-0.4, -0.2) is 17.1 Å². The molecule has 5 nitrogen and oxygen atoms in total. The van der Waals surface area contributed by atoms with Crippen LogP contribution < -0.4 is 10.1 Å². The maximum atomic E-state index is 5.96. The number of hydrogen-bond donors (Lipinski definition) is 1. The molecule has 0 unspecified atom stereocenters. The molecule has 5 heteroatoms. The Morgan fingerprint density at radius 1 is 1.04 bits per heavy atom. The fraction of sp³-hybridized carbons (Fsp3) is 0.182. The molecule has 136 valence electrons. The van der Waals surface area contributed by atoms with Crippen LogP contribution in [0.2, 0.25) is 0 Å². The average molecular weight is 359 g/mol. The third-order valence-corrected chi connectivity index (χ3v) is 4.63. The topological polar surface area (TPSA) is 60.2 Å². The molecule has 0 spiro atoms. The van der Waals surface area contributed by atoms with E-state index in [0.717, 1.165) is 34.7 Å². The first kappa shape index (κ1) is 17.1. The highest BCUT2D eigenvalue weighted by molar-refractivity contribution is 5.89. The Kier molecular flexibility index (Phi) is 4.75. The van der Waals surface area contributed by atoms with E-state index < -0.39 is 0 Å². The highest BCUT2D eigenvalue weighted by Crippen LogP contribution is 2.32. The Morgan fingerprint density at radius 2 is 1.81 bits per heavy atom. The van der Waals surface area contributed by atoms with E-state index in [9.17, 15) is 0 Å². The molecule has 4 aromatic rings. The minimum absolute atomic E-state index is 0.170. The van der Waals surface area contributed by atoms with Gasteiger partial charge in [-0.05, 0) is 42.3 Å². The maximum absolute atomic E-state index is 5.96. The Labute approximate surface area is 158 Å². The largest absolute Gasteiger partial charge is 0.497 e. The lowest BCUT2D eigenvalue weighted by Crippen LogP contribution is -2.10. The summed E-state index contributed by atoms with van der Waals surface area (Å²) in [5.74, 6) is 2.34. The van der Waals surface area contributed by atoms with Gasteiger partial charge in [0.15, 0.2) is 0 Å². The lowest BCUT2D eigenvalue weighted by molar-refractivity contribution is 0.415. The van der Waals surface area contributed by atoms with Crippen LogP contribution in [0.15, 0.2) is 71.4 Å². The van der Waals surface area contributed by atoms with E-state index in [0.29, 0.717) is 5.71 Å². The van der Waals surface area contributed by atoms with E-state index in [1.165, 1.54) is 11.9 Å². The number of furan rings is 1. The molecule has 0 saturated carbocycles. The number of methoxy groups -OCH3 is 1. The van der Waals surface area contributed by atoms with Gasteiger partial charge in [-0.1, -0.05) is 37.3 Å². The summed E-state index contributed by atoms with van der Waals surface area (Å²) in [6, 6.07) is 20.3. The van der Waals surface area contributed by atoms with Crippen molar-refractivity contribution in [2.45, 2.75) is 19.4 Å². The van der Waals surface area contributed by atoms with Gasteiger partial charge >= 0.3 is 0 Å². The first-order chi connectivity index (χ1) is 13.3. The molecule has 27 heavy (non-hydrogen) atoms. The molecule has 0 bridgehead atoms. The van der Waals surface area contributed by atoms with Crippen molar-refractivity contribution < 1.29 is 9.15 Å². The highest BCUT2D eigenvalue weighted by Gasteiger charge is 2.15. The average Bonchev–Trinajstić information content (AvgIpc) is 3.18. The third-order valence-electron chi connectivity index (χ3n) is 4.63. The first-order valence-electron chi connectivity index (χ1n) is 8.99. The Hall–Kier alpha value is -3.34. The molecular weight excluding hydrogens is 338 g/mol. The summed E-state index contributed by atoms with van der Waals surface area (Å²) in [6.45, 7) is 2.15. The third kappa shape index (κ3) is 3.49. The molecule has 1 N–H and O–H groups in total. The van der Waals surface area contributed by atoms with Gasteiger partial charge in [-0.25, -0.2) is 9.97 Å². The second kappa shape index (κ2) is 7.50. The SMILES string of the molecule is CC[C@@H](Nc1ncnc2oc(-c3ccc(OC)cc3)cc12)c1ccccc1. The van der Waals surface area contributed by atoms with Crippen LogP contribution in [0.25, 0.3) is 22.4 Å². The first-order valence-corrected chi connectivity index (χ1v) is 8.99. The summed E-state index contributed by atoms with van der Waals surface area (Å²) in [6.07, 6.45) is 2.47. The second-order valence-corrected chi connectivity index (χ2v) is 6.30. The van der Waals surface area contributed by atoms with Crippen LogP contribution in [0.5, 0.6) is 5.75 Å². The van der Waals surface area contributed by atoms with Crippen molar-refractivity contribution in [3.8, 4) is 17.1 Å². The maximum Gasteiger partial charge on any atom is 0.231 e. The summed E-state index contributed by atoms with van der Waals surface area (Å²) >= 11 is 0. The van der Waals surface area contributed by atoms with Crippen LogP contribution in [0.3, 0.4) is 0 Å². The number of aromatic nitrogens is 2. The van der Waals surface area contributed by atoms with E-state index in [4.69, 9.17) is 9.15 Å². The van der Waals surface area contributed by atoms with Crippen LogP contribution in [0.1, 0.15) is 24.9 Å². The lowest BCUT2D eigenvalue weighted by Gasteiger charge is -2.18. The van der Waals surface area contributed by atoms with Gasteiger partial charge in [0.1, 0.15) is 23.7 Å². The molecule has 0 saturated heterocycles. The normalized spacial score (nSPS) is 12.1. The monoisotopic (exact) mass is 359 g/mol. The molecular formula is C22H21N3O2. The number of ether oxygens (including phenoxy) is 1. The van der Waals surface area contributed by atoms with Gasteiger partial charge < -0.3 is 14.5 Å². The van der Waals surface area contributed by atoms with Crippen LogP contribution in [0, 0.1) is 0 Å². The molecule has 0 radical (unpaired) electrons. The lowest BCUT2D eigenvalue weighted by atomic mass is 10.0. The van der Waals surface area contributed by atoms with Gasteiger partial charge in [-0.15, -0.1) is 0 Å². The molecule has 0 aliphatic carbocycles. The summed E-state index contributed by atoms with van der Waals surface area (Å²) < 4.78 is 11.2. The van der Waals surface area contributed by atoms with Crippen LogP contribution in [-0.2, 0) is 0 Å². The number of rotatable bonds is 6. The molecule has 0 fully saturated rings. The smallest absolute Gasteiger partial charge is 0.231 e. The number of hydrogen-bond acceptors (Lipinski definition) is 5. The zero-order chi connectivity index (χ0) is 18.6. The van der Waals surface area contributed by atoms with Crippen molar-refractivity contribution in [2.75, 3.05) is 12.4 Å². The minimum Gasteiger partial charge on any atom is -0.497 e. The van der Waals surface area contributed by atoms with Gasteiger partial charge in [0.25, 0.3) is 0 Å². The van der Waals surface area contributed by atoms with Crippen LogP contribution in [0.4, 0.5) is 5.82 Å². The number of nitrogens with one attached hydrogen (secondary N) is 1. The van der Waals surface area contributed by atoms with Gasteiger partial charge in [0.05, 0.1) is 18.5 Å². The van der Waals surface area contributed by atoms with Crippen molar-refractivity contribution in [2.24, 2.45) is 0 Å². The fourth-order valence-electron chi connectivity index (χ4n) is 3.14. The van der Waals surface area contributed by atoms with Gasteiger partial charge in [-0.2, -0.15) is 0 Å². The van der Waals surface area contributed by atoms with E-state index >= 15 is 0 Å². The second-order valence-electron chi connectivity index (χ2n) is 6.30. The highest BCUT2D eigenvalue weighted by atomic mass is 16.5. The number of anilines is 1. The zero-order valence-corrected chi connectivity index (χ0v) is 15.3. The molecule has 0 aliphatic heterocycles. The standard InChI is InChI=1S/C22H21N3O2/c1-3-19(15-7-5-4-6-8-15)25-21-18-13-20(27-22(18)24-14-23-21)16-9-11-17(26-2)12-10-16/h4-14,19H,3H2,1-2H3,(H,23,24,25)/t19-/m1/s1. The molecule has 1 atom stereocenters. The molecule has 2 aromatic heterocycles. The summed E-state index contributed by atoms with van der Waals surface area (Å²) in [5.41, 5.74) is 2.77. The van der Waals surface area contributed by atoms with Crippen LogP contribution >= 0.6 is 0 Å². The summed E-state index contributed by atoms with van der Waals surface area (Å²) in [5, 5.41) is 4.41.